The van der Waals surface area contributed by atoms with Crippen LogP contribution < -0.4 is 5.73 Å². The van der Waals surface area contributed by atoms with Gasteiger partial charge in [-0.15, -0.1) is 0 Å². The molecule has 0 aliphatic carbocycles. The summed E-state index contributed by atoms with van der Waals surface area (Å²) < 4.78 is 18.5. The summed E-state index contributed by atoms with van der Waals surface area (Å²) >= 11 is 0. The van der Waals surface area contributed by atoms with Crippen molar-refractivity contribution < 1.29 is 9.13 Å². The molecule has 0 bridgehead atoms. The summed E-state index contributed by atoms with van der Waals surface area (Å²) in [5.41, 5.74) is 6.57. The first kappa shape index (κ1) is 13.6. The van der Waals surface area contributed by atoms with Crippen molar-refractivity contribution in [1.29, 1.82) is 5.41 Å². The first-order valence-corrected chi connectivity index (χ1v) is 5.85. The zero-order valence-corrected chi connectivity index (χ0v) is 10.1. The highest BCUT2D eigenvalue weighted by atomic mass is 19.1. The Balaban J connectivity index is 2.55. The molecule has 1 aromatic carbocycles. The van der Waals surface area contributed by atoms with E-state index in [1.807, 2.05) is 0 Å². The number of benzene rings is 1. The van der Waals surface area contributed by atoms with Crippen molar-refractivity contribution in [2.45, 2.75) is 32.8 Å². The van der Waals surface area contributed by atoms with Crippen LogP contribution in [0.25, 0.3) is 0 Å². The maximum atomic E-state index is 13.0. The molecule has 3 nitrogen and oxygen atoms in total. The summed E-state index contributed by atoms with van der Waals surface area (Å²) in [4.78, 5) is 0. The third-order valence-corrected chi connectivity index (χ3v) is 2.51. The second-order valence-corrected chi connectivity index (χ2v) is 3.97. The highest BCUT2D eigenvalue weighted by Gasteiger charge is 2.06. The smallest absolute Gasteiger partial charge is 0.123 e. The van der Waals surface area contributed by atoms with Crippen LogP contribution in [0.15, 0.2) is 18.2 Å². The highest BCUT2D eigenvalue weighted by Crippen LogP contribution is 2.12. The standard InChI is InChI=1S/C13H19FN2O/c1-2-3-4-7-17-9-10-5-6-11(14)8-12(10)13(15)16/h5-6,8H,2-4,7,9H2,1H3,(H3,15,16). The van der Waals surface area contributed by atoms with Gasteiger partial charge in [-0.1, -0.05) is 25.8 Å². The lowest BCUT2D eigenvalue weighted by Crippen LogP contribution is -2.15. The van der Waals surface area contributed by atoms with Gasteiger partial charge in [0.2, 0.25) is 0 Å². The fraction of sp³-hybridized carbons (Fsp3) is 0.462. The maximum absolute atomic E-state index is 13.0. The van der Waals surface area contributed by atoms with Crippen molar-refractivity contribution in [2.24, 2.45) is 5.73 Å². The molecule has 94 valence electrons. The second kappa shape index (κ2) is 7.01. The minimum atomic E-state index is -0.384. The zero-order valence-electron chi connectivity index (χ0n) is 10.1. The molecular formula is C13H19FN2O. The average molecular weight is 238 g/mol. The first-order chi connectivity index (χ1) is 8.15. The van der Waals surface area contributed by atoms with E-state index in [1.54, 1.807) is 6.07 Å². The van der Waals surface area contributed by atoms with Crippen LogP contribution in [0, 0.1) is 11.2 Å². The molecule has 0 saturated carbocycles. The van der Waals surface area contributed by atoms with E-state index in [4.69, 9.17) is 15.9 Å². The Morgan fingerprint density at radius 2 is 2.18 bits per heavy atom. The van der Waals surface area contributed by atoms with Crippen LogP contribution in [0.3, 0.4) is 0 Å². The van der Waals surface area contributed by atoms with Gasteiger partial charge in [-0.3, -0.25) is 5.41 Å². The normalized spacial score (nSPS) is 10.5. The lowest BCUT2D eigenvalue weighted by atomic mass is 10.1. The van der Waals surface area contributed by atoms with E-state index in [1.165, 1.54) is 12.1 Å². The summed E-state index contributed by atoms with van der Waals surface area (Å²) in [6.45, 7) is 3.19. The van der Waals surface area contributed by atoms with Crippen LogP contribution in [0.5, 0.6) is 0 Å². The Labute approximate surface area is 101 Å². The van der Waals surface area contributed by atoms with Crippen molar-refractivity contribution in [3.8, 4) is 0 Å². The number of nitrogens with one attached hydrogen (secondary N) is 1. The molecule has 0 fully saturated rings. The van der Waals surface area contributed by atoms with E-state index in [9.17, 15) is 4.39 Å². The van der Waals surface area contributed by atoms with E-state index in [0.29, 0.717) is 18.8 Å². The van der Waals surface area contributed by atoms with Crippen molar-refractivity contribution >= 4 is 5.84 Å². The minimum absolute atomic E-state index is 0.128. The molecule has 0 unspecified atom stereocenters. The summed E-state index contributed by atoms with van der Waals surface area (Å²) in [5, 5.41) is 7.37. The molecule has 1 rings (SSSR count). The van der Waals surface area contributed by atoms with Gasteiger partial charge in [-0.2, -0.15) is 0 Å². The van der Waals surface area contributed by atoms with Crippen LogP contribution in [0.4, 0.5) is 4.39 Å². The Hall–Kier alpha value is -1.42. The fourth-order valence-corrected chi connectivity index (χ4v) is 1.56. The SMILES string of the molecule is CCCCCOCc1ccc(F)cc1C(=N)N. The van der Waals surface area contributed by atoms with Crippen molar-refractivity contribution in [1.82, 2.24) is 0 Å². The van der Waals surface area contributed by atoms with Gasteiger partial charge in [0.05, 0.1) is 6.61 Å². The molecular weight excluding hydrogens is 219 g/mol. The topological polar surface area (TPSA) is 59.1 Å². The molecule has 0 amide bonds. The van der Waals surface area contributed by atoms with E-state index >= 15 is 0 Å². The third-order valence-electron chi connectivity index (χ3n) is 2.51. The molecule has 0 aliphatic heterocycles. The Kier molecular flexibility index (Phi) is 5.63. The number of halogens is 1. The van der Waals surface area contributed by atoms with Crippen LogP contribution in [-0.4, -0.2) is 12.4 Å². The largest absolute Gasteiger partial charge is 0.384 e. The fourth-order valence-electron chi connectivity index (χ4n) is 1.56. The number of hydrogen-bond donors (Lipinski definition) is 2. The molecule has 0 saturated heterocycles. The third kappa shape index (κ3) is 4.53. The summed E-state index contributed by atoms with van der Waals surface area (Å²) in [7, 11) is 0. The summed E-state index contributed by atoms with van der Waals surface area (Å²) in [6.07, 6.45) is 3.31. The lowest BCUT2D eigenvalue weighted by Gasteiger charge is -2.09. The number of nitrogen functional groups attached to an aromatic ring is 1. The van der Waals surface area contributed by atoms with Crippen LogP contribution in [0.2, 0.25) is 0 Å². The van der Waals surface area contributed by atoms with Gasteiger partial charge in [0.15, 0.2) is 0 Å². The Morgan fingerprint density at radius 1 is 1.41 bits per heavy atom. The number of unbranched alkanes of at least 4 members (excludes halogenated alkanes) is 2. The van der Waals surface area contributed by atoms with Crippen LogP contribution in [0.1, 0.15) is 37.3 Å². The molecule has 0 aromatic heterocycles. The highest BCUT2D eigenvalue weighted by molar-refractivity contribution is 5.96. The predicted octanol–water partition coefficient (Wildman–Crippen LogP) is 2.82. The van der Waals surface area contributed by atoms with E-state index in [0.717, 1.165) is 24.8 Å². The minimum Gasteiger partial charge on any atom is -0.384 e. The average Bonchev–Trinajstić information content (AvgIpc) is 2.30. The van der Waals surface area contributed by atoms with Gasteiger partial charge in [-0.05, 0) is 24.1 Å². The molecule has 1 aromatic rings. The monoisotopic (exact) mass is 238 g/mol. The van der Waals surface area contributed by atoms with Gasteiger partial charge < -0.3 is 10.5 Å². The van der Waals surface area contributed by atoms with Gasteiger partial charge in [0.1, 0.15) is 11.7 Å². The lowest BCUT2D eigenvalue weighted by molar-refractivity contribution is 0.117. The number of nitrogens with two attached hydrogens (primary N) is 1. The number of amidine groups is 1. The first-order valence-electron chi connectivity index (χ1n) is 5.85. The number of ether oxygens (including phenoxy) is 1. The number of hydrogen-bond acceptors (Lipinski definition) is 2. The van der Waals surface area contributed by atoms with Gasteiger partial charge in [-0.25, -0.2) is 4.39 Å². The van der Waals surface area contributed by atoms with Crippen molar-refractivity contribution in [2.75, 3.05) is 6.61 Å². The molecule has 0 spiro atoms. The quantitative estimate of drug-likeness (QED) is 0.436. The Bertz CT molecular complexity index is 380. The summed E-state index contributed by atoms with van der Waals surface area (Å²) in [5.74, 6) is -0.512. The molecule has 17 heavy (non-hydrogen) atoms. The van der Waals surface area contributed by atoms with E-state index in [2.05, 4.69) is 6.92 Å². The molecule has 3 N–H and O–H groups in total. The molecule has 0 radical (unpaired) electrons. The van der Waals surface area contributed by atoms with Gasteiger partial charge in [0, 0.05) is 12.2 Å². The van der Waals surface area contributed by atoms with Crippen molar-refractivity contribution in [3.05, 3.63) is 35.1 Å². The molecule has 0 aliphatic rings. The van der Waals surface area contributed by atoms with Crippen LogP contribution in [-0.2, 0) is 11.3 Å². The maximum Gasteiger partial charge on any atom is 0.123 e. The van der Waals surface area contributed by atoms with Gasteiger partial charge >= 0.3 is 0 Å². The number of rotatable bonds is 7. The van der Waals surface area contributed by atoms with Gasteiger partial charge in [0.25, 0.3) is 0 Å². The summed E-state index contributed by atoms with van der Waals surface area (Å²) in [6, 6.07) is 4.25. The zero-order chi connectivity index (χ0) is 12.7. The van der Waals surface area contributed by atoms with E-state index in [-0.39, 0.29) is 11.7 Å². The Morgan fingerprint density at radius 3 is 2.82 bits per heavy atom. The second-order valence-electron chi connectivity index (χ2n) is 3.97. The molecule has 4 heteroatoms. The van der Waals surface area contributed by atoms with Crippen LogP contribution >= 0.6 is 0 Å². The van der Waals surface area contributed by atoms with E-state index < -0.39 is 0 Å². The predicted molar refractivity (Wildman–Crippen MR) is 66.6 cm³/mol. The molecule has 0 heterocycles. The van der Waals surface area contributed by atoms with Crippen molar-refractivity contribution in [3.63, 3.8) is 0 Å². The molecule has 0 atom stereocenters.